The summed E-state index contributed by atoms with van der Waals surface area (Å²) < 4.78 is 6.94. The third-order valence-corrected chi connectivity index (χ3v) is 4.48. The van der Waals surface area contributed by atoms with Crippen LogP contribution >= 0.6 is 15.9 Å². The Bertz CT molecular complexity index is 622. The molecule has 3 heteroatoms. The molecule has 0 aliphatic heterocycles. The predicted octanol–water partition coefficient (Wildman–Crippen LogP) is 4.35. The van der Waals surface area contributed by atoms with Crippen LogP contribution in [0.3, 0.4) is 0 Å². The highest BCUT2D eigenvalue weighted by Gasteiger charge is 2.23. The average molecular weight is 332 g/mol. The number of halogens is 1. The normalized spacial score (nSPS) is 15.9. The number of hydrogen-bond acceptors (Lipinski definition) is 2. The van der Waals surface area contributed by atoms with Crippen LogP contribution in [0.5, 0.6) is 5.75 Å². The van der Waals surface area contributed by atoms with Crippen molar-refractivity contribution in [3.8, 4) is 5.75 Å². The van der Waals surface area contributed by atoms with Crippen LogP contribution < -0.4 is 10.5 Å². The molecule has 2 nitrogen and oxygen atoms in total. The van der Waals surface area contributed by atoms with Crippen LogP contribution in [0.4, 0.5) is 0 Å². The molecule has 2 N–H and O–H groups in total. The van der Waals surface area contributed by atoms with E-state index in [0.29, 0.717) is 6.10 Å². The highest BCUT2D eigenvalue weighted by atomic mass is 79.9. The zero-order chi connectivity index (χ0) is 14.1. The number of rotatable bonds is 4. The van der Waals surface area contributed by atoms with Crippen LogP contribution in [0.1, 0.15) is 35.6 Å². The molecule has 2 aromatic carbocycles. The van der Waals surface area contributed by atoms with Crippen molar-refractivity contribution in [3.63, 3.8) is 0 Å². The van der Waals surface area contributed by atoms with Crippen LogP contribution in [0, 0.1) is 6.92 Å². The quantitative estimate of drug-likeness (QED) is 0.904. The van der Waals surface area contributed by atoms with Crippen LogP contribution in [0.15, 0.2) is 46.9 Å². The largest absolute Gasteiger partial charge is 0.490 e. The van der Waals surface area contributed by atoms with E-state index in [1.165, 1.54) is 18.4 Å². The molecule has 2 aromatic rings. The molecule has 0 spiro atoms. The number of nitrogens with two attached hydrogens (primary N) is 1. The third kappa shape index (κ3) is 3.05. The van der Waals surface area contributed by atoms with Crippen molar-refractivity contribution < 1.29 is 4.74 Å². The maximum atomic E-state index is 6.38. The van der Waals surface area contributed by atoms with Gasteiger partial charge in [0, 0.05) is 4.47 Å². The molecule has 0 radical (unpaired) electrons. The summed E-state index contributed by atoms with van der Waals surface area (Å²) in [5.74, 6) is 0.925. The highest BCUT2D eigenvalue weighted by molar-refractivity contribution is 9.10. The van der Waals surface area contributed by atoms with E-state index >= 15 is 0 Å². The standard InChI is InChI=1S/C17H18BrNO/c1-11-9-13(5-8-16(11)18)17(19)12-3-2-4-15(10-12)20-14-6-7-14/h2-5,8-10,14,17H,6-7,19H2,1H3. The molecule has 0 saturated heterocycles. The lowest BCUT2D eigenvalue weighted by atomic mass is 9.98. The lowest BCUT2D eigenvalue weighted by Gasteiger charge is -2.15. The molecular formula is C17H18BrNO. The van der Waals surface area contributed by atoms with Crippen molar-refractivity contribution in [1.29, 1.82) is 0 Å². The summed E-state index contributed by atoms with van der Waals surface area (Å²) in [4.78, 5) is 0. The Balaban J connectivity index is 1.84. The second-order valence-electron chi connectivity index (χ2n) is 5.38. The first-order chi connectivity index (χ1) is 9.63. The SMILES string of the molecule is Cc1cc(C(N)c2cccc(OC3CC3)c2)ccc1Br. The molecule has 0 aromatic heterocycles. The molecule has 0 bridgehead atoms. The summed E-state index contributed by atoms with van der Waals surface area (Å²) >= 11 is 3.52. The first-order valence-electron chi connectivity index (χ1n) is 6.92. The smallest absolute Gasteiger partial charge is 0.120 e. The first-order valence-corrected chi connectivity index (χ1v) is 7.71. The van der Waals surface area contributed by atoms with Crippen molar-refractivity contribution in [3.05, 3.63) is 63.6 Å². The van der Waals surface area contributed by atoms with Crippen LogP contribution in [0.2, 0.25) is 0 Å². The molecule has 1 saturated carbocycles. The fourth-order valence-corrected chi connectivity index (χ4v) is 2.46. The molecule has 3 rings (SSSR count). The Kier molecular flexibility index (Phi) is 3.81. The summed E-state index contributed by atoms with van der Waals surface area (Å²) in [6.07, 6.45) is 2.75. The summed E-state index contributed by atoms with van der Waals surface area (Å²) in [7, 11) is 0. The van der Waals surface area contributed by atoms with Gasteiger partial charge in [0.25, 0.3) is 0 Å². The predicted molar refractivity (Wildman–Crippen MR) is 85.0 cm³/mol. The number of aryl methyl sites for hydroxylation is 1. The van der Waals surface area contributed by atoms with E-state index < -0.39 is 0 Å². The van der Waals surface area contributed by atoms with Gasteiger partial charge >= 0.3 is 0 Å². The van der Waals surface area contributed by atoms with E-state index in [1.54, 1.807) is 0 Å². The Labute approximate surface area is 128 Å². The van der Waals surface area contributed by atoms with Gasteiger partial charge in [0.1, 0.15) is 5.75 Å². The monoisotopic (exact) mass is 331 g/mol. The highest BCUT2D eigenvalue weighted by Crippen LogP contribution is 2.30. The minimum absolute atomic E-state index is 0.121. The van der Waals surface area contributed by atoms with Crippen molar-refractivity contribution in [2.24, 2.45) is 5.73 Å². The van der Waals surface area contributed by atoms with Crippen molar-refractivity contribution in [2.75, 3.05) is 0 Å². The van der Waals surface area contributed by atoms with Gasteiger partial charge in [0.15, 0.2) is 0 Å². The van der Waals surface area contributed by atoms with Crippen molar-refractivity contribution in [1.82, 2.24) is 0 Å². The molecule has 0 amide bonds. The van der Waals surface area contributed by atoms with Gasteiger partial charge in [-0.25, -0.2) is 0 Å². The minimum Gasteiger partial charge on any atom is -0.490 e. The lowest BCUT2D eigenvalue weighted by molar-refractivity contribution is 0.303. The minimum atomic E-state index is -0.121. The van der Waals surface area contributed by atoms with Crippen LogP contribution in [0.25, 0.3) is 0 Å². The van der Waals surface area contributed by atoms with Gasteiger partial charge in [-0.1, -0.05) is 40.2 Å². The summed E-state index contributed by atoms with van der Waals surface area (Å²) in [6.45, 7) is 2.08. The van der Waals surface area contributed by atoms with Crippen molar-refractivity contribution >= 4 is 15.9 Å². The second-order valence-corrected chi connectivity index (χ2v) is 6.23. The zero-order valence-corrected chi connectivity index (χ0v) is 13.1. The lowest BCUT2D eigenvalue weighted by Crippen LogP contribution is -2.12. The maximum absolute atomic E-state index is 6.38. The van der Waals surface area contributed by atoms with Gasteiger partial charge in [0.2, 0.25) is 0 Å². The number of benzene rings is 2. The van der Waals surface area contributed by atoms with Gasteiger partial charge in [-0.15, -0.1) is 0 Å². The summed E-state index contributed by atoms with van der Waals surface area (Å²) in [6, 6.07) is 14.3. The van der Waals surface area contributed by atoms with E-state index in [1.807, 2.05) is 12.1 Å². The molecule has 104 valence electrons. The molecule has 1 aliphatic carbocycles. The Morgan fingerprint density at radius 1 is 1.15 bits per heavy atom. The fourth-order valence-electron chi connectivity index (χ4n) is 2.21. The molecule has 0 heterocycles. The molecule has 1 atom stereocenters. The van der Waals surface area contributed by atoms with Gasteiger partial charge in [-0.3, -0.25) is 0 Å². The Morgan fingerprint density at radius 3 is 2.60 bits per heavy atom. The second kappa shape index (κ2) is 5.58. The molecular weight excluding hydrogens is 314 g/mol. The first kappa shape index (κ1) is 13.7. The van der Waals surface area contributed by atoms with E-state index in [9.17, 15) is 0 Å². The van der Waals surface area contributed by atoms with E-state index in [2.05, 4.69) is 53.2 Å². The molecule has 1 fully saturated rings. The van der Waals surface area contributed by atoms with Gasteiger partial charge in [0.05, 0.1) is 12.1 Å². The van der Waals surface area contributed by atoms with E-state index in [-0.39, 0.29) is 6.04 Å². The molecule has 1 aliphatic rings. The Hall–Kier alpha value is -1.32. The van der Waals surface area contributed by atoms with Crippen molar-refractivity contribution in [2.45, 2.75) is 31.9 Å². The van der Waals surface area contributed by atoms with Gasteiger partial charge in [-0.2, -0.15) is 0 Å². The molecule has 20 heavy (non-hydrogen) atoms. The van der Waals surface area contributed by atoms with Gasteiger partial charge < -0.3 is 10.5 Å². The van der Waals surface area contributed by atoms with Gasteiger partial charge in [-0.05, 0) is 54.7 Å². The van der Waals surface area contributed by atoms with Crippen LogP contribution in [-0.4, -0.2) is 6.10 Å². The summed E-state index contributed by atoms with van der Waals surface area (Å²) in [5.41, 5.74) is 9.78. The van der Waals surface area contributed by atoms with E-state index in [0.717, 1.165) is 21.3 Å². The molecule has 1 unspecified atom stereocenters. The number of hydrogen-bond donors (Lipinski definition) is 1. The third-order valence-electron chi connectivity index (χ3n) is 3.59. The zero-order valence-electron chi connectivity index (χ0n) is 11.5. The van der Waals surface area contributed by atoms with E-state index in [4.69, 9.17) is 10.5 Å². The Morgan fingerprint density at radius 2 is 1.90 bits per heavy atom. The topological polar surface area (TPSA) is 35.2 Å². The van der Waals surface area contributed by atoms with Crippen LogP contribution in [-0.2, 0) is 0 Å². The number of ether oxygens (including phenoxy) is 1. The summed E-state index contributed by atoms with van der Waals surface area (Å²) in [5, 5.41) is 0. The average Bonchev–Trinajstić information content (AvgIpc) is 3.25. The maximum Gasteiger partial charge on any atom is 0.120 e. The fraction of sp³-hybridized carbons (Fsp3) is 0.294.